The van der Waals surface area contributed by atoms with E-state index in [1.54, 1.807) is 0 Å². The van der Waals surface area contributed by atoms with E-state index in [4.69, 9.17) is 11.6 Å². The van der Waals surface area contributed by atoms with Crippen LogP contribution in [0.5, 0.6) is 0 Å². The highest BCUT2D eigenvalue weighted by Gasteiger charge is 2.15. The summed E-state index contributed by atoms with van der Waals surface area (Å²) in [4.78, 5) is 5.35. The molecule has 1 heterocycles. The van der Waals surface area contributed by atoms with Crippen LogP contribution in [0, 0.1) is 20.8 Å². The number of aromatic nitrogens is 2. The van der Waals surface area contributed by atoms with Crippen LogP contribution in [0.2, 0.25) is 5.02 Å². The number of nitrogens with zero attached hydrogens (tertiary/aromatic N) is 2. The molecule has 1 aromatic heterocycles. The van der Waals surface area contributed by atoms with Crippen molar-refractivity contribution in [3.63, 3.8) is 0 Å². The summed E-state index contributed by atoms with van der Waals surface area (Å²) in [7, 11) is 0. The summed E-state index contributed by atoms with van der Waals surface area (Å²) in [6, 6.07) is 13.1. The standard InChI is InChI=1S/C22H25ClN2S/c1-16-4-6-19(7-5-16)8-9-20(14-25-11-10-24-15-25)26-22-13-18(3)17(2)12-21(22)23/h4-7,10-13,15,20H,8-9,14H2,1-3H3. The maximum Gasteiger partial charge on any atom is 0.0946 e. The second-order valence-electron chi connectivity index (χ2n) is 6.89. The van der Waals surface area contributed by atoms with Crippen LogP contribution in [-0.4, -0.2) is 14.8 Å². The molecular formula is C22H25ClN2S. The van der Waals surface area contributed by atoms with Crippen LogP contribution in [0.1, 0.15) is 28.7 Å². The van der Waals surface area contributed by atoms with E-state index in [0.717, 1.165) is 24.4 Å². The van der Waals surface area contributed by atoms with Crippen LogP contribution >= 0.6 is 23.4 Å². The van der Waals surface area contributed by atoms with Crippen LogP contribution in [0.3, 0.4) is 0 Å². The molecule has 26 heavy (non-hydrogen) atoms. The number of aryl methyl sites for hydroxylation is 4. The predicted octanol–water partition coefficient (Wildman–Crippen LogP) is 6.26. The molecule has 0 spiro atoms. The third-order valence-corrected chi connectivity index (χ3v) is 6.43. The minimum Gasteiger partial charge on any atom is -0.336 e. The Bertz CT molecular complexity index is 841. The van der Waals surface area contributed by atoms with Crippen molar-refractivity contribution in [2.45, 2.75) is 50.3 Å². The van der Waals surface area contributed by atoms with Crippen molar-refractivity contribution in [3.8, 4) is 0 Å². The number of benzene rings is 2. The van der Waals surface area contributed by atoms with Gasteiger partial charge < -0.3 is 4.57 Å². The molecule has 0 aliphatic rings. The summed E-state index contributed by atoms with van der Waals surface area (Å²) in [5.41, 5.74) is 5.22. The number of rotatable bonds is 7. The molecule has 0 aliphatic heterocycles. The molecule has 0 radical (unpaired) electrons. The Morgan fingerprint density at radius 3 is 2.50 bits per heavy atom. The molecule has 136 valence electrons. The molecule has 3 rings (SSSR count). The van der Waals surface area contributed by atoms with E-state index < -0.39 is 0 Å². The summed E-state index contributed by atoms with van der Waals surface area (Å²) in [6.45, 7) is 7.31. The maximum absolute atomic E-state index is 6.52. The van der Waals surface area contributed by atoms with Crippen molar-refractivity contribution < 1.29 is 0 Å². The molecule has 2 aromatic carbocycles. The first kappa shape index (κ1) is 19.1. The number of imidazole rings is 1. The van der Waals surface area contributed by atoms with E-state index in [1.807, 2.05) is 30.5 Å². The molecule has 0 amide bonds. The lowest BCUT2D eigenvalue weighted by atomic mass is 10.1. The first-order valence-electron chi connectivity index (χ1n) is 8.96. The van der Waals surface area contributed by atoms with Crippen LogP contribution < -0.4 is 0 Å². The van der Waals surface area contributed by atoms with Gasteiger partial charge in [-0.1, -0.05) is 41.4 Å². The SMILES string of the molecule is Cc1ccc(CCC(Cn2ccnc2)Sc2cc(C)c(C)cc2Cl)cc1. The van der Waals surface area contributed by atoms with Gasteiger partial charge in [-0.2, -0.15) is 0 Å². The zero-order chi connectivity index (χ0) is 18.5. The van der Waals surface area contributed by atoms with Crippen molar-refractivity contribution in [3.05, 3.63) is 82.4 Å². The van der Waals surface area contributed by atoms with Crippen molar-refractivity contribution in [1.29, 1.82) is 0 Å². The average Bonchev–Trinajstić information content (AvgIpc) is 3.12. The Balaban J connectivity index is 1.74. The van der Waals surface area contributed by atoms with Crippen molar-refractivity contribution in [2.75, 3.05) is 0 Å². The van der Waals surface area contributed by atoms with Crippen LogP contribution in [0.25, 0.3) is 0 Å². The van der Waals surface area contributed by atoms with E-state index >= 15 is 0 Å². The van der Waals surface area contributed by atoms with E-state index in [1.165, 1.54) is 27.1 Å². The summed E-state index contributed by atoms with van der Waals surface area (Å²) >= 11 is 8.40. The van der Waals surface area contributed by atoms with Crippen LogP contribution in [0.15, 0.2) is 60.0 Å². The minimum absolute atomic E-state index is 0.435. The zero-order valence-corrected chi connectivity index (χ0v) is 17.1. The molecule has 0 N–H and O–H groups in total. The molecule has 1 unspecified atom stereocenters. The number of halogens is 1. The quantitative estimate of drug-likeness (QED) is 0.447. The van der Waals surface area contributed by atoms with Gasteiger partial charge in [0.25, 0.3) is 0 Å². The lowest BCUT2D eigenvalue weighted by Gasteiger charge is -2.19. The number of thioether (sulfide) groups is 1. The van der Waals surface area contributed by atoms with Gasteiger partial charge in [0, 0.05) is 29.1 Å². The molecule has 1 atom stereocenters. The van der Waals surface area contributed by atoms with E-state index in [-0.39, 0.29) is 0 Å². The number of hydrogen-bond acceptors (Lipinski definition) is 2. The van der Waals surface area contributed by atoms with Gasteiger partial charge in [0.1, 0.15) is 0 Å². The normalized spacial score (nSPS) is 12.3. The van der Waals surface area contributed by atoms with Crippen molar-refractivity contribution in [1.82, 2.24) is 9.55 Å². The maximum atomic E-state index is 6.52. The molecule has 0 saturated heterocycles. The number of hydrogen-bond donors (Lipinski definition) is 0. The Kier molecular flexibility index (Phi) is 6.44. The Morgan fingerprint density at radius 2 is 1.81 bits per heavy atom. The van der Waals surface area contributed by atoms with Gasteiger partial charge in [-0.25, -0.2) is 4.98 Å². The topological polar surface area (TPSA) is 17.8 Å². The molecule has 4 heteroatoms. The monoisotopic (exact) mass is 384 g/mol. The van der Waals surface area contributed by atoms with Gasteiger partial charge in [0.2, 0.25) is 0 Å². The summed E-state index contributed by atoms with van der Waals surface area (Å²) < 4.78 is 2.15. The highest BCUT2D eigenvalue weighted by atomic mass is 35.5. The molecule has 0 saturated carbocycles. The van der Waals surface area contributed by atoms with E-state index in [0.29, 0.717) is 5.25 Å². The van der Waals surface area contributed by atoms with Gasteiger partial charge in [-0.3, -0.25) is 0 Å². The summed E-state index contributed by atoms with van der Waals surface area (Å²) in [5.74, 6) is 0. The van der Waals surface area contributed by atoms with Gasteiger partial charge in [0.05, 0.1) is 11.3 Å². The molecular weight excluding hydrogens is 360 g/mol. The lowest BCUT2D eigenvalue weighted by molar-refractivity contribution is 0.624. The minimum atomic E-state index is 0.435. The van der Waals surface area contributed by atoms with E-state index in [9.17, 15) is 0 Å². The second-order valence-corrected chi connectivity index (χ2v) is 8.64. The van der Waals surface area contributed by atoms with E-state index in [2.05, 4.69) is 66.7 Å². The molecule has 2 nitrogen and oxygen atoms in total. The first-order valence-corrected chi connectivity index (χ1v) is 10.2. The largest absolute Gasteiger partial charge is 0.336 e. The van der Waals surface area contributed by atoms with Crippen LogP contribution in [-0.2, 0) is 13.0 Å². The average molecular weight is 385 g/mol. The Morgan fingerprint density at radius 1 is 1.08 bits per heavy atom. The highest BCUT2D eigenvalue weighted by molar-refractivity contribution is 8.00. The highest BCUT2D eigenvalue weighted by Crippen LogP contribution is 2.35. The lowest BCUT2D eigenvalue weighted by Crippen LogP contribution is -2.13. The first-order chi connectivity index (χ1) is 12.5. The Hall–Kier alpha value is -1.71. The molecule has 0 fully saturated rings. The third kappa shape index (κ3) is 5.15. The predicted molar refractivity (Wildman–Crippen MR) is 112 cm³/mol. The van der Waals surface area contributed by atoms with Crippen molar-refractivity contribution in [2.24, 2.45) is 0 Å². The molecule has 0 aliphatic carbocycles. The van der Waals surface area contributed by atoms with Gasteiger partial charge in [-0.05, 0) is 62.4 Å². The fourth-order valence-corrected chi connectivity index (χ4v) is 4.53. The summed E-state index contributed by atoms with van der Waals surface area (Å²) in [6.07, 6.45) is 7.91. The van der Waals surface area contributed by atoms with Gasteiger partial charge >= 0.3 is 0 Å². The summed E-state index contributed by atoms with van der Waals surface area (Å²) in [5, 5.41) is 1.29. The zero-order valence-electron chi connectivity index (χ0n) is 15.6. The fraction of sp³-hybridized carbons (Fsp3) is 0.318. The second kappa shape index (κ2) is 8.79. The smallest absolute Gasteiger partial charge is 0.0946 e. The Labute approximate surface area is 165 Å². The fourth-order valence-electron chi connectivity index (χ4n) is 2.92. The van der Waals surface area contributed by atoms with Crippen molar-refractivity contribution >= 4 is 23.4 Å². The van der Waals surface area contributed by atoms with Gasteiger partial charge in [-0.15, -0.1) is 11.8 Å². The third-order valence-electron chi connectivity index (χ3n) is 4.69. The van der Waals surface area contributed by atoms with Crippen LogP contribution in [0.4, 0.5) is 0 Å². The molecule has 0 bridgehead atoms. The van der Waals surface area contributed by atoms with Gasteiger partial charge in [0.15, 0.2) is 0 Å². The molecule has 3 aromatic rings.